The number of hydrogen-bond donors (Lipinski definition) is 2. The van der Waals surface area contributed by atoms with E-state index in [0.29, 0.717) is 39.6 Å². The van der Waals surface area contributed by atoms with Crippen molar-refractivity contribution in [2.24, 2.45) is 11.7 Å². The molecule has 0 spiro atoms. The molecule has 0 fully saturated rings. The van der Waals surface area contributed by atoms with Gasteiger partial charge in [0.05, 0.1) is 15.7 Å². The Morgan fingerprint density at radius 2 is 1.81 bits per heavy atom. The number of hydrogen-bond acceptors (Lipinski definition) is 2. The number of halogens is 3. The maximum atomic E-state index is 12.0. The van der Waals surface area contributed by atoms with Crippen LogP contribution in [0.4, 0.5) is 5.69 Å². The summed E-state index contributed by atoms with van der Waals surface area (Å²) in [7, 11) is 0. The molecule has 0 aliphatic carbocycles. The molecule has 21 heavy (non-hydrogen) atoms. The second kappa shape index (κ2) is 9.52. The van der Waals surface area contributed by atoms with Crippen LogP contribution in [0.2, 0.25) is 15.1 Å². The van der Waals surface area contributed by atoms with Gasteiger partial charge < -0.3 is 11.1 Å². The normalized spacial score (nSPS) is 12.2. The Morgan fingerprint density at radius 3 is 2.33 bits per heavy atom. The van der Waals surface area contributed by atoms with Gasteiger partial charge in [-0.2, -0.15) is 0 Å². The average Bonchev–Trinajstić information content (AvgIpc) is 2.40. The van der Waals surface area contributed by atoms with Gasteiger partial charge in [0.2, 0.25) is 5.91 Å². The van der Waals surface area contributed by atoms with Crippen LogP contribution in [0.15, 0.2) is 12.1 Å². The van der Waals surface area contributed by atoms with Crippen molar-refractivity contribution in [3.63, 3.8) is 0 Å². The number of nitrogens with one attached hydrogen (secondary N) is 1. The van der Waals surface area contributed by atoms with Crippen molar-refractivity contribution in [3.8, 4) is 0 Å². The summed E-state index contributed by atoms with van der Waals surface area (Å²) in [6.45, 7) is 2.79. The zero-order valence-corrected chi connectivity index (χ0v) is 14.4. The van der Waals surface area contributed by atoms with Crippen LogP contribution < -0.4 is 11.1 Å². The van der Waals surface area contributed by atoms with Crippen molar-refractivity contribution in [3.05, 3.63) is 27.2 Å². The zero-order valence-electron chi connectivity index (χ0n) is 12.1. The first-order valence-corrected chi connectivity index (χ1v) is 8.25. The molecule has 3 N–H and O–H groups in total. The zero-order chi connectivity index (χ0) is 15.8. The SMILES string of the molecule is CCCC(CCN)CCC(=O)Nc1c(Cl)cc(Cl)cc1Cl. The molecular weight excluding hydrogens is 331 g/mol. The number of anilines is 1. The molecule has 0 aliphatic heterocycles. The van der Waals surface area contributed by atoms with Gasteiger partial charge in [-0.1, -0.05) is 54.6 Å². The molecule has 0 aromatic heterocycles. The molecule has 1 aromatic carbocycles. The first-order valence-electron chi connectivity index (χ1n) is 7.12. The number of benzene rings is 1. The van der Waals surface area contributed by atoms with E-state index < -0.39 is 0 Å². The van der Waals surface area contributed by atoms with E-state index in [2.05, 4.69) is 12.2 Å². The molecule has 1 rings (SSSR count). The van der Waals surface area contributed by atoms with Gasteiger partial charge in [-0.3, -0.25) is 4.79 Å². The summed E-state index contributed by atoms with van der Waals surface area (Å²) in [6.07, 6.45) is 4.39. The third-order valence-corrected chi connectivity index (χ3v) is 4.14. The van der Waals surface area contributed by atoms with E-state index in [-0.39, 0.29) is 5.91 Å². The van der Waals surface area contributed by atoms with E-state index in [1.54, 1.807) is 12.1 Å². The lowest BCUT2D eigenvalue weighted by molar-refractivity contribution is -0.116. The van der Waals surface area contributed by atoms with Gasteiger partial charge in [0.15, 0.2) is 0 Å². The average molecular weight is 352 g/mol. The highest BCUT2D eigenvalue weighted by Gasteiger charge is 2.13. The molecule has 1 unspecified atom stereocenters. The van der Waals surface area contributed by atoms with Crippen molar-refractivity contribution in [1.29, 1.82) is 0 Å². The van der Waals surface area contributed by atoms with Crippen molar-refractivity contribution in [2.75, 3.05) is 11.9 Å². The van der Waals surface area contributed by atoms with E-state index >= 15 is 0 Å². The van der Waals surface area contributed by atoms with Gasteiger partial charge in [-0.15, -0.1) is 0 Å². The molecule has 0 radical (unpaired) electrons. The van der Waals surface area contributed by atoms with Gasteiger partial charge in [0, 0.05) is 11.4 Å². The van der Waals surface area contributed by atoms with Crippen LogP contribution in [-0.2, 0) is 4.79 Å². The molecule has 1 amide bonds. The molecule has 0 saturated heterocycles. The van der Waals surface area contributed by atoms with E-state index in [9.17, 15) is 4.79 Å². The minimum Gasteiger partial charge on any atom is -0.330 e. The topological polar surface area (TPSA) is 55.1 Å². The van der Waals surface area contributed by atoms with Gasteiger partial charge in [-0.25, -0.2) is 0 Å². The fourth-order valence-corrected chi connectivity index (χ4v) is 3.19. The van der Waals surface area contributed by atoms with Crippen LogP contribution in [0, 0.1) is 5.92 Å². The lowest BCUT2D eigenvalue weighted by atomic mass is 9.94. The molecule has 0 heterocycles. The summed E-state index contributed by atoms with van der Waals surface area (Å²) in [5.74, 6) is 0.390. The molecule has 0 aliphatic rings. The second-order valence-corrected chi connectivity index (χ2v) is 6.31. The predicted octanol–water partition coefficient (Wildman–Crippen LogP) is 5.13. The lowest BCUT2D eigenvalue weighted by Gasteiger charge is -2.15. The van der Waals surface area contributed by atoms with Crippen molar-refractivity contribution < 1.29 is 4.79 Å². The molecule has 0 bridgehead atoms. The summed E-state index contributed by atoms with van der Waals surface area (Å²) in [4.78, 5) is 12.0. The molecule has 118 valence electrons. The summed E-state index contributed by atoms with van der Waals surface area (Å²) >= 11 is 17.9. The largest absolute Gasteiger partial charge is 0.330 e. The molecular formula is C15H21Cl3N2O. The quantitative estimate of drug-likeness (QED) is 0.682. The Kier molecular flexibility index (Phi) is 8.42. The van der Waals surface area contributed by atoms with Gasteiger partial charge >= 0.3 is 0 Å². The van der Waals surface area contributed by atoms with Gasteiger partial charge in [0.25, 0.3) is 0 Å². The number of carbonyl (C=O) groups excluding carboxylic acids is 1. The predicted molar refractivity (Wildman–Crippen MR) is 91.4 cm³/mol. The standard InChI is InChI=1S/C15H21Cl3N2O/c1-2-3-10(6-7-19)4-5-14(21)20-15-12(17)8-11(16)9-13(15)18/h8-10H,2-7,19H2,1H3,(H,20,21). The number of amides is 1. The molecule has 0 saturated carbocycles. The van der Waals surface area contributed by atoms with Crippen LogP contribution in [0.3, 0.4) is 0 Å². The van der Waals surface area contributed by atoms with E-state index in [0.717, 1.165) is 25.7 Å². The third-order valence-electron chi connectivity index (χ3n) is 3.32. The highest BCUT2D eigenvalue weighted by atomic mass is 35.5. The Morgan fingerprint density at radius 1 is 1.19 bits per heavy atom. The summed E-state index contributed by atoms with van der Waals surface area (Å²) in [6, 6.07) is 3.11. The van der Waals surface area contributed by atoms with Gasteiger partial charge in [-0.05, 0) is 37.4 Å². The fraction of sp³-hybridized carbons (Fsp3) is 0.533. The van der Waals surface area contributed by atoms with Crippen molar-refractivity contribution in [1.82, 2.24) is 0 Å². The fourth-order valence-electron chi connectivity index (χ4n) is 2.28. The molecule has 1 atom stereocenters. The Hall–Kier alpha value is -0.480. The molecule has 3 nitrogen and oxygen atoms in total. The number of nitrogens with two attached hydrogens (primary N) is 1. The Bertz CT molecular complexity index is 451. The lowest BCUT2D eigenvalue weighted by Crippen LogP contribution is -2.15. The monoisotopic (exact) mass is 350 g/mol. The third kappa shape index (κ3) is 6.43. The minimum atomic E-state index is -0.0979. The Balaban J connectivity index is 2.57. The first kappa shape index (κ1) is 18.6. The Labute approximate surface area is 141 Å². The smallest absolute Gasteiger partial charge is 0.224 e. The highest BCUT2D eigenvalue weighted by Crippen LogP contribution is 2.33. The van der Waals surface area contributed by atoms with Crippen LogP contribution in [0.25, 0.3) is 0 Å². The molecule has 1 aromatic rings. The maximum absolute atomic E-state index is 12.0. The minimum absolute atomic E-state index is 0.0979. The number of rotatable bonds is 8. The van der Waals surface area contributed by atoms with E-state index in [1.807, 2.05) is 0 Å². The maximum Gasteiger partial charge on any atom is 0.224 e. The van der Waals surface area contributed by atoms with Gasteiger partial charge in [0.1, 0.15) is 0 Å². The van der Waals surface area contributed by atoms with E-state index in [1.165, 1.54) is 0 Å². The van der Waals surface area contributed by atoms with Crippen LogP contribution in [0.1, 0.15) is 39.0 Å². The van der Waals surface area contributed by atoms with Crippen molar-refractivity contribution >= 4 is 46.4 Å². The van der Waals surface area contributed by atoms with Crippen LogP contribution >= 0.6 is 34.8 Å². The first-order chi connectivity index (χ1) is 9.97. The van der Waals surface area contributed by atoms with Crippen molar-refractivity contribution in [2.45, 2.75) is 39.0 Å². The summed E-state index contributed by atoms with van der Waals surface area (Å²) < 4.78 is 0. The second-order valence-electron chi connectivity index (χ2n) is 5.06. The van der Waals surface area contributed by atoms with E-state index in [4.69, 9.17) is 40.5 Å². The van der Waals surface area contributed by atoms with Crippen LogP contribution in [0.5, 0.6) is 0 Å². The highest BCUT2D eigenvalue weighted by molar-refractivity contribution is 6.42. The van der Waals surface area contributed by atoms with Crippen LogP contribution in [-0.4, -0.2) is 12.5 Å². The molecule has 6 heteroatoms. The number of carbonyl (C=O) groups is 1. The summed E-state index contributed by atoms with van der Waals surface area (Å²) in [5, 5.41) is 3.87. The summed E-state index contributed by atoms with van der Waals surface area (Å²) in [5.41, 5.74) is 6.01.